The number of aromatic amines is 1. The molecule has 0 bridgehead atoms. The molecule has 1 atom stereocenters. The first-order valence-electron chi connectivity index (χ1n) is 4.45. The van der Waals surface area contributed by atoms with Gasteiger partial charge in [-0.1, -0.05) is 6.07 Å². The second kappa shape index (κ2) is 3.40. The molecule has 2 rings (SSSR count). The van der Waals surface area contributed by atoms with Gasteiger partial charge in [0, 0.05) is 11.5 Å². The Morgan fingerprint density at radius 2 is 2.00 bits per heavy atom. The summed E-state index contributed by atoms with van der Waals surface area (Å²) in [4.78, 5) is 13.6. The number of fused-ring (bicyclic) bond motifs is 1. The van der Waals surface area contributed by atoms with Gasteiger partial charge in [0.2, 0.25) is 5.56 Å². The Morgan fingerprint density at radius 3 is 2.67 bits per heavy atom. The van der Waals surface area contributed by atoms with Crippen LogP contribution >= 0.6 is 0 Å². The summed E-state index contributed by atoms with van der Waals surface area (Å²) in [5.74, 6) is -0.0212. The van der Waals surface area contributed by atoms with E-state index >= 15 is 0 Å². The standard InChI is InChI=1S/C11H10NO3/c1-6(13)7-2-4-9(14)11-8(7)3-5-10(15)12-11/h2-6,13-14H,1H2,(H,12,15). The van der Waals surface area contributed by atoms with Crippen molar-refractivity contribution in [3.63, 3.8) is 0 Å². The first-order chi connectivity index (χ1) is 7.09. The Labute approximate surface area is 85.8 Å². The van der Waals surface area contributed by atoms with E-state index in [1.165, 1.54) is 12.1 Å². The van der Waals surface area contributed by atoms with Crippen LogP contribution < -0.4 is 5.56 Å². The molecule has 1 radical (unpaired) electrons. The van der Waals surface area contributed by atoms with Crippen molar-refractivity contribution in [2.45, 2.75) is 6.10 Å². The van der Waals surface area contributed by atoms with Crippen LogP contribution in [-0.2, 0) is 0 Å². The molecule has 1 unspecified atom stereocenters. The summed E-state index contributed by atoms with van der Waals surface area (Å²) in [5, 5.41) is 19.5. The lowest BCUT2D eigenvalue weighted by atomic mass is 10.0. The molecule has 1 heterocycles. The molecule has 0 aliphatic rings. The van der Waals surface area contributed by atoms with Crippen molar-refractivity contribution in [2.75, 3.05) is 0 Å². The van der Waals surface area contributed by atoms with Gasteiger partial charge in [-0.25, -0.2) is 0 Å². The van der Waals surface area contributed by atoms with Crippen molar-refractivity contribution in [1.29, 1.82) is 0 Å². The van der Waals surface area contributed by atoms with Crippen LogP contribution in [-0.4, -0.2) is 15.2 Å². The summed E-state index contributed by atoms with van der Waals surface area (Å²) in [6.07, 6.45) is -0.890. The lowest BCUT2D eigenvalue weighted by molar-refractivity contribution is 0.227. The lowest BCUT2D eigenvalue weighted by Gasteiger charge is -2.09. The van der Waals surface area contributed by atoms with Crippen LogP contribution in [0.25, 0.3) is 10.9 Å². The normalized spacial score (nSPS) is 12.9. The molecular weight excluding hydrogens is 194 g/mol. The molecule has 2 aromatic rings. The van der Waals surface area contributed by atoms with Gasteiger partial charge < -0.3 is 15.2 Å². The molecule has 77 valence electrons. The third-order valence-electron chi connectivity index (χ3n) is 2.27. The fourth-order valence-electron chi connectivity index (χ4n) is 1.55. The highest BCUT2D eigenvalue weighted by molar-refractivity contribution is 5.87. The van der Waals surface area contributed by atoms with Gasteiger partial charge in [-0.15, -0.1) is 0 Å². The number of benzene rings is 1. The number of aliphatic hydroxyl groups is 1. The summed E-state index contributed by atoms with van der Waals surface area (Å²) >= 11 is 0. The number of rotatable bonds is 1. The lowest BCUT2D eigenvalue weighted by Crippen LogP contribution is -2.04. The highest BCUT2D eigenvalue weighted by Crippen LogP contribution is 2.27. The molecule has 4 nitrogen and oxygen atoms in total. The van der Waals surface area contributed by atoms with E-state index in [1.54, 1.807) is 12.1 Å². The third-order valence-corrected chi connectivity index (χ3v) is 2.27. The van der Waals surface area contributed by atoms with Gasteiger partial charge in [0.05, 0.1) is 11.6 Å². The van der Waals surface area contributed by atoms with Crippen molar-refractivity contribution >= 4 is 10.9 Å². The smallest absolute Gasteiger partial charge is 0.248 e. The topological polar surface area (TPSA) is 73.3 Å². The second-order valence-electron chi connectivity index (χ2n) is 3.30. The van der Waals surface area contributed by atoms with Gasteiger partial charge in [0.1, 0.15) is 5.75 Å². The molecule has 0 amide bonds. The van der Waals surface area contributed by atoms with Crippen molar-refractivity contribution in [3.8, 4) is 5.75 Å². The molecule has 15 heavy (non-hydrogen) atoms. The quantitative estimate of drug-likeness (QED) is 0.651. The van der Waals surface area contributed by atoms with Gasteiger partial charge in [0.15, 0.2) is 0 Å². The maximum absolute atomic E-state index is 11.1. The van der Waals surface area contributed by atoms with E-state index in [0.29, 0.717) is 16.5 Å². The molecule has 0 aliphatic heterocycles. The summed E-state index contributed by atoms with van der Waals surface area (Å²) in [6, 6.07) is 5.89. The number of hydrogen-bond donors (Lipinski definition) is 3. The fourth-order valence-corrected chi connectivity index (χ4v) is 1.55. The van der Waals surface area contributed by atoms with Gasteiger partial charge >= 0.3 is 0 Å². The maximum Gasteiger partial charge on any atom is 0.248 e. The van der Waals surface area contributed by atoms with Crippen LogP contribution in [0.5, 0.6) is 5.75 Å². The van der Waals surface area contributed by atoms with E-state index in [1.807, 2.05) is 0 Å². The van der Waals surface area contributed by atoms with Gasteiger partial charge in [0.25, 0.3) is 0 Å². The van der Waals surface area contributed by atoms with Crippen molar-refractivity contribution in [3.05, 3.63) is 47.1 Å². The van der Waals surface area contributed by atoms with E-state index in [2.05, 4.69) is 11.9 Å². The van der Waals surface area contributed by atoms with Crippen LogP contribution in [0.4, 0.5) is 0 Å². The number of aromatic nitrogens is 1. The van der Waals surface area contributed by atoms with Gasteiger partial charge in [-0.2, -0.15) is 0 Å². The zero-order valence-electron chi connectivity index (χ0n) is 7.90. The SMILES string of the molecule is [CH2]C(O)c1ccc(O)c2[nH]c(=O)ccc12. The average Bonchev–Trinajstić information content (AvgIpc) is 2.19. The predicted octanol–water partition coefficient (Wildman–Crippen LogP) is 1.10. The van der Waals surface area contributed by atoms with Gasteiger partial charge in [-0.3, -0.25) is 4.79 Å². The Hall–Kier alpha value is -1.81. The highest BCUT2D eigenvalue weighted by atomic mass is 16.3. The Balaban J connectivity index is 2.88. The average molecular weight is 204 g/mol. The molecule has 3 N–H and O–H groups in total. The number of aromatic hydroxyl groups is 1. The predicted molar refractivity (Wildman–Crippen MR) is 56.6 cm³/mol. The monoisotopic (exact) mass is 204 g/mol. The molecule has 0 saturated carbocycles. The molecule has 0 fully saturated rings. The van der Waals surface area contributed by atoms with Crippen LogP contribution in [0.1, 0.15) is 11.7 Å². The molecule has 1 aromatic carbocycles. The first-order valence-corrected chi connectivity index (χ1v) is 4.45. The molecule has 1 aromatic heterocycles. The van der Waals surface area contributed by atoms with E-state index in [4.69, 9.17) is 0 Å². The van der Waals surface area contributed by atoms with Crippen molar-refractivity contribution in [2.24, 2.45) is 0 Å². The minimum atomic E-state index is -0.890. The summed E-state index contributed by atoms with van der Waals surface area (Å²) in [6.45, 7) is 3.49. The number of aliphatic hydroxyl groups excluding tert-OH is 1. The number of hydrogen-bond acceptors (Lipinski definition) is 3. The van der Waals surface area contributed by atoms with Crippen LogP contribution in [0.2, 0.25) is 0 Å². The molecule has 4 heteroatoms. The van der Waals surface area contributed by atoms with E-state index in [-0.39, 0.29) is 11.3 Å². The number of nitrogens with one attached hydrogen (secondary N) is 1. The number of H-pyrrole nitrogens is 1. The minimum Gasteiger partial charge on any atom is -0.506 e. The molecule has 0 saturated heterocycles. The zero-order chi connectivity index (χ0) is 11.0. The van der Waals surface area contributed by atoms with Gasteiger partial charge in [-0.05, 0) is 24.6 Å². The highest BCUT2D eigenvalue weighted by Gasteiger charge is 2.09. The minimum absolute atomic E-state index is 0.0212. The van der Waals surface area contributed by atoms with Crippen LogP contribution in [0.15, 0.2) is 29.1 Å². The van der Waals surface area contributed by atoms with Crippen LogP contribution in [0, 0.1) is 6.92 Å². The first kappa shape index (κ1) is 9.73. The van der Waals surface area contributed by atoms with Crippen molar-refractivity contribution in [1.82, 2.24) is 4.98 Å². The third kappa shape index (κ3) is 1.59. The second-order valence-corrected chi connectivity index (χ2v) is 3.30. The molecule has 0 aliphatic carbocycles. The largest absolute Gasteiger partial charge is 0.506 e. The Morgan fingerprint density at radius 1 is 1.27 bits per heavy atom. The van der Waals surface area contributed by atoms with Crippen LogP contribution in [0.3, 0.4) is 0 Å². The van der Waals surface area contributed by atoms with E-state index in [0.717, 1.165) is 0 Å². The maximum atomic E-state index is 11.1. The number of pyridine rings is 1. The molecular formula is C11H10NO3. The van der Waals surface area contributed by atoms with Crippen molar-refractivity contribution < 1.29 is 10.2 Å². The molecule has 0 spiro atoms. The summed E-state index contributed by atoms with van der Waals surface area (Å²) in [5.41, 5.74) is 0.593. The fraction of sp³-hybridized carbons (Fsp3) is 0.0909. The Bertz CT molecular complexity index is 557. The van der Waals surface area contributed by atoms with E-state index in [9.17, 15) is 15.0 Å². The summed E-state index contributed by atoms with van der Waals surface area (Å²) in [7, 11) is 0. The Kier molecular flexibility index (Phi) is 2.21. The summed E-state index contributed by atoms with van der Waals surface area (Å²) < 4.78 is 0. The zero-order valence-corrected chi connectivity index (χ0v) is 7.90. The van der Waals surface area contributed by atoms with E-state index < -0.39 is 6.10 Å². The number of phenols is 1. The number of phenolic OH excluding ortho intramolecular Hbond substituents is 1.